The van der Waals surface area contributed by atoms with E-state index in [9.17, 15) is 0 Å². The van der Waals surface area contributed by atoms with Gasteiger partial charge in [-0.05, 0) is 37.0 Å². The van der Waals surface area contributed by atoms with Gasteiger partial charge in [-0.3, -0.25) is 4.68 Å². The van der Waals surface area contributed by atoms with Crippen LogP contribution >= 0.6 is 0 Å². The Balaban J connectivity index is 1.49. The van der Waals surface area contributed by atoms with Gasteiger partial charge in [0, 0.05) is 38.0 Å². The molecular formula is C17H22N4O. The van der Waals surface area contributed by atoms with Crippen molar-refractivity contribution < 1.29 is 4.74 Å². The van der Waals surface area contributed by atoms with E-state index in [1.807, 2.05) is 24.5 Å². The van der Waals surface area contributed by atoms with Crippen molar-refractivity contribution >= 4 is 5.82 Å². The molecule has 5 nitrogen and oxygen atoms in total. The van der Waals surface area contributed by atoms with Crippen molar-refractivity contribution in [2.24, 2.45) is 11.8 Å². The maximum absolute atomic E-state index is 5.94. The number of hydrogen-bond donors (Lipinski definition) is 0. The topological polar surface area (TPSA) is 43.2 Å². The predicted octanol–water partition coefficient (Wildman–Crippen LogP) is 2.34. The number of nitrogens with zero attached hydrogens (tertiary/aromatic N) is 4. The first kappa shape index (κ1) is 13.8. The van der Waals surface area contributed by atoms with Gasteiger partial charge >= 0.3 is 0 Å². The van der Waals surface area contributed by atoms with Gasteiger partial charge in [-0.1, -0.05) is 6.07 Å². The highest BCUT2D eigenvalue weighted by Crippen LogP contribution is 2.29. The highest BCUT2D eigenvalue weighted by molar-refractivity contribution is 5.38. The molecule has 0 N–H and O–H groups in total. The fraction of sp³-hybridized carbons (Fsp3) is 0.529. The average molecular weight is 298 g/mol. The molecule has 3 heterocycles. The van der Waals surface area contributed by atoms with Crippen molar-refractivity contribution in [2.45, 2.75) is 25.9 Å². The van der Waals surface area contributed by atoms with Gasteiger partial charge in [0.1, 0.15) is 5.82 Å². The van der Waals surface area contributed by atoms with E-state index in [4.69, 9.17) is 4.74 Å². The van der Waals surface area contributed by atoms with Gasteiger partial charge in [0.15, 0.2) is 0 Å². The second kappa shape index (κ2) is 6.08. The van der Waals surface area contributed by atoms with E-state index in [0.29, 0.717) is 5.92 Å². The third kappa shape index (κ3) is 3.14. The van der Waals surface area contributed by atoms with Crippen LogP contribution in [0.5, 0.6) is 0 Å². The number of ether oxygens (including phenoxy) is 1. The molecule has 4 rings (SSSR count). The SMILES string of the molecule is c1ccc(N2Cc3ccnn3CC(COCC3CC3)C2)nc1. The Hall–Kier alpha value is -1.88. The van der Waals surface area contributed by atoms with Gasteiger partial charge in [-0.25, -0.2) is 4.98 Å². The molecule has 116 valence electrons. The minimum atomic E-state index is 0.446. The number of aromatic nitrogens is 3. The standard InChI is InChI=1S/C17H22N4O/c1-2-7-18-17(3-1)20-9-15(13-22-12-14-4-5-14)10-21-16(11-20)6-8-19-21/h1-3,6-8,14-15H,4-5,9-13H2. The summed E-state index contributed by atoms with van der Waals surface area (Å²) in [5.74, 6) is 2.30. The molecule has 1 atom stereocenters. The number of hydrogen-bond acceptors (Lipinski definition) is 4. The number of rotatable bonds is 5. The lowest BCUT2D eigenvalue weighted by Crippen LogP contribution is -2.31. The Morgan fingerprint density at radius 2 is 1.95 bits per heavy atom. The third-order valence-corrected chi connectivity index (χ3v) is 4.44. The molecular weight excluding hydrogens is 276 g/mol. The molecule has 1 aliphatic carbocycles. The monoisotopic (exact) mass is 298 g/mol. The second-order valence-corrected chi connectivity index (χ2v) is 6.42. The van der Waals surface area contributed by atoms with Crippen LogP contribution in [-0.4, -0.2) is 34.5 Å². The fourth-order valence-corrected chi connectivity index (χ4v) is 3.04. The zero-order valence-corrected chi connectivity index (χ0v) is 12.8. The van der Waals surface area contributed by atoms with Crippen LogP contribution in [0.3, 0.4) is 0 Å². The molecule has 5 heteroatoms. The largest absolute Gasteiger partial charge is 0.381 e. The maximum atomic E-state index is 5.94. The molecule has 0 bridgehead atoms. The van der Waals surface area contributed by atoms with E-state index in [-0.39, 0.29) is 0 Å². The molecule has 22 heavy (non-hydrogen) atoms. The normalized spacial score (nSPS) is 21.5. The summed E-state index contributed by atoms with van der Waals surface area (Å²) < 4.78 is 8.06. The summed E-state index contributed by atoms with van der Waals surface area (Å²) >= 11 is 0. The number of anilines is 1. The van der Waals surface area contributed by atoms with Crippen molar-refractivity contribution in [1.29, 1.82) is 0 Å². The zero-order valence-electron chi connectivity index (χ0n) is 12.8. The third-order valence-electron chi connectivity index (χ3n) is 4.44. The molecule has 2 aromatic rings. The lowest BCUT2D eigenvalue weighted by atomic mass is 10.1. The minimum Gasteiger partial charge on any atom is -0.381 e. The van der Waals surface area contributed by atoms with Gasteiger partial charge < -0.3 is 9.64 Å². The van der Waals surface area contributed by atoms with Crippen LogP contribution < -0.4 is 4.90 Å². The molecule has 1 aliphatic heterocycles. The van der Waals surface area contributed by atoms with E-state index in [1.54, 1.807) is 0 Å². The first-order valence-electron chi connectivity index (χ1n) is 8.13. The minimum absolute atomic E-state index is 0.446. The Bertz CT molecular complexity index is 608. The lowest BCUT2D eigenvalue weighted by Gasteiger charge is -2.25. The fourth-order valence-electron chi connectivity index (χ4n) is 3.04. The molecule has 0 radical (unpaired) electrons. The second-order valence-electron chi connectivity index (χ2n) is 6.42. The Kier molecular flexibility index (Phi) is 3.81. The first-order valence-corrected chi connectivity index (χ1v) is 8.13. The Morgan fingerprint density at radius 1 is 1.05 bits per heavy atom. The molecule has 1 saturated carbocycles. The summed E-state index contributed by atoms with van der Waals surface area (Å²) in [6, 6.07) is 8.18. The van der Waals surface area contributed by atoms with E-state index in [1.165, 1.54) is 18.5 Å². The van der Waals surface area contributed by atoms with Crippen LogP contribution in [0.4, 0.5) is 5.82 Å². The molecule has 1 fully saturated rings. The summed E-state index contributed by atoms with van der Waals surface area (Å²) in [5.41, 5.74) is 1.25. The van der Waals surface area contributed by atoms with E-state index >= 15 is 0 Å². The average Bonchev–Trinajstić information content (AvgIpc) is 3.31. The molecule has 2 aromatic heterocycles. The van der Waals surface area contributed by atoms with Crippen molar-refractivity contribution in [3.05, 3.63) is 42.4 Å². The predicted molar refractivity (Wildman–Crippen MR) is 84.5 cm³/mol. The summed E-state index contributed by atoms with van der Waals surface area (Å²) in [6.07, 6.45) is 6.43. The van der Waals surface area contributed by atoms with Crippen LogP contribution in [0.2, 0.25) is 0 Å². The van der Waals surface area contributed by atoms with E-state index in [2.05, 4.69) is 31.8 Å². The van der Waals surface area contributed by atoms with Crippen molar-refractivity contribution in [3.8, 4) is 0 Å². The Labute approximate surface area is 130 Å². The smallest absolute Gasteiger partial charge is 0.128 e. The van der Waals surface area contributed by atoms with Crippen LogP contribution in [0.1, 0.15) is 18.5 Å². The van der Waals surface area contributed by atoms with Gasteiger partial charge in [0.2, 0.25) is 0 Å². The molecule has 2 aliphatic rings. The highest BCUT2D eigenvalue weighted by Gasteiger charge is 2.25. The first-order chi connectivity index (χ1) is 10.9. The van der Waals surface area contributed by atoms with Gasteiger partial charge in [0.05, 0.1) is 18.8 Å². The van der Waals surface area contributed by atoms with E-state index in [0.717, 1.165) is 44.6 Å². The summed E-state index contributed by atoms with van der Waals surface area (Å²) in [4.78, 5) is 6.85. The maximum Gasteiger partial charge on any atom is 0.128 e. The zero-order chi connectivity index (χ0) is 14.8. The van der Waals surface area contributed by atoms with Gasteiger partial charge in [-0.2, -0.15) is 5.10 Å². The number of fused-ring (bicyclic) bond motifs is 1. The van der Waals surface area contributed by atoms with Gasteiger partial charge in [0.25, 0.3) is 0 Å². The Morgan fingerprint density at radius 3 is 2.77 bits per heavy atom. The summed E-state index contributed by atoms with van der Waals surface area (Å²) in [5, 5.41) is 4.46. The summed E-state index contributed by atoms with van der Waals surface area (Å²) in [6.45, 7) is 4.47. The number of pyridine rings is 1. The quantitative estimate of drug-likeness (QED) is 0.850. The highest BCUT2D eigenvalue weighted by atomic mass is 16.5. The van der Waals surface area contributed by atoms with Gasteiger partial charge in [-0.15, -0.1) is 0 Å². The molecule has 0 aromatic carbocycles. The molecule has 1 unspecified atom stereocenters. The van der Waals surface area contributed by atoms with Crippen molar-refractivity contribution in [2.75, 3.05) is 24.7 Å². The van der Waals surface area contributed by atoms with Crippen LogP contribution in [-0.2, 0) is 17.8 Å². The molecule has 0 amide bonds. The molecule has 0 spiro atoms. The van der Waals surface area contributed by atoms with Crippen molar-refractivity contribution in [3.63, 3.8) is 0 Å². The van der Waals surface area contributed by atoms with Crippen LogP contribution in [0.25, 0.3) is 0 Å². The lowest BCUT2D eigenvalue weighted by molar-refractivity contribution is 0.0872. The van der Waals surface area contributed by atoms with Crippen LogP contribution in [0.15, 0.2) is 36.7 Å². The van der Waals surface area contributed by atoms with E-state index < -0.39 is 0 Å². The van der Waals surface area contributed by atoms with Crippen LogP contribution in [0, 0.1) is 11.8 Å². The summed E-state index contributed by atoms with van der Waals surface area (Å²) in [7, 11) is 0. The van der Waals surface area contributed by atoms with Crippen molar-refractivity contribution in [1.82, 2.24) is 14.8 Å². The molecule has 0 saturated heterocycles.